The van der Waals surface area contributed by atoms with Crippen LogP contribution in [0.3, 0.4) is 0 Å². The minimum atomic E-state index is 0. The minimum absolute atomic E-state index is 0. The summed E-state index contributed by atoms with van der Waals surface area (Å²) in [5.41, 5.74) is 3.82. The maximum absolute atomic E-state index is 4.81. The van der Waals surface area contributed by atoms with E-state index in [0.29, 0.717) is 0 Å². The molecule has 130 valence electrons. The Hall–Kier alpha value is -2.35. The molecule has 0 atom stereocenters. The van der Waals surface area contributed by atoms with Crippen LogP contribution in [0.1, 0.15) is 0 Å². The predicted molar refractivity (Wildman–Crippen MR) is 104 cm³/mol. The zero-order valence-corrected chi connectivity index (χ0v) is 16.9. The smallest absolute Gasteiger partial charge is 0.780 e. The Morgan fingerprint density at radius 2 is 1.08 bits per heavy atom. The average molecular weight is 536 g/mol. The molecular weight excluding hydrogens is 519 g/mol. The van der Waals surface area contributed by atoms with Gasteiger partial charge in [-0.25, -0.2) is 0 Å². The first kappa shape index (κ1) is 20.0. The van der Waals surface area contributed by atoms with Gasteiger partial charge >= 0.3 is 21.1 Å². The summed E-state index contributed by atoms with van der Waals surface area (Å²) in [6, 6.07) is 30.7. The fourth-order valence-corrected chi connectivity index (χ4v) is 2.39. The van der Waals surface area contributed by atoms with Crippen LogP contribution in [0.25, 0.3) is 22.5 Å². The van der Waals surface area contributed by atoms with Crippen LogP contribution in [0.15, 0.2) is 102 Å². The topological polar surface area (TPSA) is 25.8 Å². The zero-order chi connectivity index (χ0) is 17.3. The van der Waals surface area contributed by atoms with Crippen molar-refractivity contribution in [2.24, 2.45) is 0 Å². The molecular formula is C22H16N2PtS. The fraction of sp³-hybridized carbons (Fsp3) is 0. The number of aromatic nitrogens is 2. The van der Waals surface area contributed by atoms with E-state index in [1.165, 1.54) is 0 Å². The van der Waals surface area contributed by atoms with E-state index < -0.39 is 0 Å². The maximum Gasteiger partial charge on any atom is 2.00 e. The number of benzene rings is 2. The Kier molecular flexibility index (Phi) is 8.14. The Bertz CT molecular complexity index is 846. The molecule has 0 aliphatic carbocycles. The standard InChI is InChI=1S/C16H11N2.C6H6S.Pt/c1-3-10-17-15(8-1)13-6-5-7-14(12-13)16-9-2-4-11-18-16;7-6-4-2-1-3-5-6;/h1-11H;1-5,7H;/q-1;;+2/p-1. The number of nitrogens with zero attached hydrogens (tertiary/aromatic N) is 2. The van der Waals surface area contributed by atoms with Gasteiger partial charge in [0.05, 0.1) is 0 Å². The van der Waals surface area contributed by atoms with Crippen LogP contribution in [-0.4, -0.2) is 9.97 Å². The average Bonchev–Trinajstić information content (AvgIpc) is 2.71. The molecule has 2 nitrogen and oxygen atoms in total. The van der Waals surface area contributed by atoms with Gasteiger partial charge in [-0.2, -0.15) is 4.90 Å². The van der Waals surface area contributed by atoms with Gasteiger partial charge in [0, 0.05) is 23.8 Å². The molecule has 0 fully saturated rings. The molecule has 4 heteroatoms. The largest absolute Gasteiger partial charge is 2.00 e. The van der Waals surface area contributed by atoms with Crippen LogP contribution in [0.5, 0.6) is 0 Å². The molecule has 0 spiro atoms. The third-order valence-corrected chi connectivity index (χ3v) is 3.69. The molecule has 26 heavy (non-hydrogen) atoms. The molecule has 0 aliphatic rings. The summed E-state index contributed by atoms with van der Waals surface area (Å²) >= 11 is 4.81. The number of pyridine rings is 2. The first-order valence-corrected chi connectivity index (χ1v) is 8.31. The van der Waals surface area contributed by atoms with Gasteiger partial charge in [-0.3, -0.25) is 9.97 Å². The van der Waals surface area contributed by atoms with Crippen LogP contribution in [0, 0.1) is 6.07 Å². The molecule has 0 amide bonds. The van der Waals surface area contributed by atoms with Crippen molar-refractivity contribution in [3.8, 4) is 22.5 Å². The van der Waals surface area contributed by atoms with Crippen molar-refractivity contribution in [2.45, 2.75) is 4.90 Å². The summed E-state index contributed by atoms with van der Waals surface area (Å²) in [6.07, 6.45) is 3.58. The Morgan fingerprint density at radius 1 is 0.577 bits per heavy atom. The molecule has 0 N–H and O–H groups in total. The quantitative estimate of drug-likeness (QED) is 0.261. The second-order valence-electron chi connectivity index (χ2n) is 5.22. The summed E-state index contributed by atoms with van der Waals surface area (Å²) in [5, 5.41) is 0. The normalized spacial score (nSPS) is 9.38. The van der Waals surface area contributed by atoms with Crippen LogP contribution in [0.4, 0.5) is 0 Å². The molecule has 4 aromatic rings. The maximum atomic E-state index is 4.81. The number of rotatable bonds is 2. The van der Waals surface area contributed by atoms with Gasteiger partial charge < -0.3 is 12.6 Å². The van der Waals surface area contributed by atoms with Crippen LogP contribution in [0.2, 0.25) is 0 Å². The first-order chi connectivity index (χ1) is 12.3. The van der Waals surface area contributed by atoms with Crippen molar-refractivity contribution in [2.75, 3.05) is 0 Å². The molecule has 0 saturated heterocycles. The van der Waals surface area contributed by atoms with Gasteiger partial charge in [0.25, 0.3) is 0 Å². The van der Waals surface area contributed by atoms with Crippen molar-refractivity contribution in [3.63, 3.8) is 0 Å². The summed E-state index contributed by atoms with van der Waals surface area (Å²) in [6.45, 7) is 0. The monoisotopic (exact) mass is 535 g/mol. The van der Waals surface area contributed by atoms with Crippen molar-refractivity contribution >= 4 is 12.6 Å². The van der Waals surface area contributed by atoms with E-state index >= 15 is 0 Å². The van der Waals surface area contributed by atoms with E-state index in [4.69, 9.17) is 12.6 Å². The Balaban J connectivity index is 0.000000258. The fourth-order valence-electron chi connectivity index (χ4n) is 2.23. The SMILES string of the molecule is [Pt+2].[S-]c1ccccc1.[c-]1c(-c2ccccn2)cccc1-c1ccccn1. The van der Waals surface area contributed by atoms with Gasteiger partial charge in [0.1, 0.15) is 0 Å². The molecule has 2 aromatic carbocycles. The van der Waals surface area contributed by atoms with Gasteiger partial charge in [-0.05, 0) is 12.1 Å². The van der Waals surface area contributed by atoms with E-state index in [1.807, 2.05) is 84.9 Å². The van der Waals surface area contributed by atoms with Gasteiger partial charge in [-0.15, -0.1) is 24.3 Å². The zero-order valence-electron chi connectivity index (χ0n) is 13.9. The predicted octanol–water partition coefficient (Wildman–Crippen LogP) is 5.20. The summed E-state index contributed by atoms with van der Waals surface area (Å²) in [5.74, 6) is 0. The summed E-state index contributed by atoms with van der Waals surface area (Å²) in [7, 11) is 0. The summed E-state index contributed by atoms with van der Waals surface area (Å²) < 4.78 is 0. The number of hydrogen-bond acceptors (Lipinski definition) is 3. The van der Waals surface area contributed by atoms with Crippen LogP contribution < -0.4 is 0 Å². The second-order valence-corrected chi connectivity index (χ2v) is 5.69. The van der Waals surface area contributed by atoms with Crippen LogP contribution >= 0.6 is 0 Å². The van der Waals surface area contributed by atoms with Gasteiger partial charge in [-0.1, -0.05) is 65.7 Å². The van der Waals surface area contributed by atoms with Gasteiger partial charge in [0.15, 0.2) is 0 Å². The molecule has 2 aromatic heterocycles. The van der Waals surface area contributed by atoms with Crippen molar-refractivity contribution in [1.29, 1.82) is 0 Å². The second kappa shape index (κ2) is 10.6. The molecule has 0 bridgehead atoms. The number of hydrogen-bond donors (Lipinski definition) is 0. The molecule has 4 rings (SSSR count). The van der Waals surface area contributed by atoms with Gasteiger partial charge in [0.2, 0.25) is 0 Å². The molecule has 0 aliphatic heterocycles. The molecule has 0 unspecified atom stereocenters. The van der Waals surface area contributed by atoms with E-state index in [1.54, 1.807) is 12.4 Å². The van der Waals surface area contributed by atoms with E-state index in [-0.39, 0.29) is 21.1 Å². The molecule has 0 radical (unpaired) electrons. The van der Waals surface area contributed by atoms with Crippen molar-refractivity contribution < 1.29 is 21.1 Å². The van der Waals surface area contributed by atoms with E-state index in [9.17, 15) is 0 Å². The minimum Gasteiger partial charge on any atom is -0.780 e. The third-order valence-electron chi connectivity index (χ3n) is 3.42. The molecule has 2 heterocycles. The third kappa shape index (κ3) is 5.87. The Labute approximate surface area is 174 Å². The van der Waals surface area contributed by atoms with Crippen LogP contribution in [-0.2, 0) is 33.7 Å². The van der Waals surface area contributed by atoms with Crippen molar-refractivity contribution in [3.05, 3.63) is 103 Å². The van der Waals surface area contributed by atoms with E-state index in [0.717, 1.165) is 27.4 Å². The first-order valence-electron chi connectivity index (χ1n) is 7.90. The van der Waals surface area contributed by atoms with E-state index in [2.05, 4.69) is 16.0 Å². The van der Waals surface area contributed by atoms with Crippen molar-refractivity contribution in [1.82, 2.24) is 9.97 Å². The molecule has 0 saturated carbocycles. The summed E-state index contributed by atoms with van der Waals surface area (Å²) in [4.78, 5) is 9.57. The Morgan fingerprint density at radius 3 is 1.46 bits per heavy atom.